The number of anilines is 1. The normalized spacial score (nSPS) is 32.5. The maximum absolute atomic E-state index is 11.5. The summed E-state index contributed by atoms with van der Waals surface area (Å²) >= 11 is 0. The van der Waals surface area contributed by atoms with Crippen molar-refractivity contribution >= 4 is 11.8 Å². The van der Waals surface area contributed by atoms with Crippen molar-refractivity contribution in [3.05, 3.63) is 17.6 Å². The van der Waals surface area contributed by atoms with Gasteiger partial charge in [-0.05, 0) is 44.9 Å². The van der Waals surface area contributed by atoms with Crippen molar-refractivity contribution in [1.29, 1.82) is 0 Å². The summed E-state index contributed by atoms with van der Waals surface area (Å²) in [5.41, 5.74) is 0.907. The number of carboxylic acids is 1. The molecule has 1 aromatic heterocycles. The maximum atomic E-state index is 11.5. The molecule has 0 radical (unpaired) electrons. The Kier molecular flexibility index (Phi) is 2.92. The van der Waals surface area contributed by atoms with E-state index in [0.717, 1.165) is 36.6 Å². The van der Waals surface area contributed by atoms with E-state index in [2.05, 4.69) is 15.3 Å². The molecule has 2 aliphatic carbocycles. The van der Waals surface area contributed by atoms with Crippen molar-refractivity contribution < 1.29 is 9.90 Å². The number of carboxylic acid groups (broad SMARTS) is 1. The third-order valence-corrected chi connectivity index (χ3v) is 4.48. The number of nitrogens with one attached hydrogen (secondary N) is 1. The number of hydrogen-bond acceptors (Lipinski definition) is 4. The zero-order valence-corrected chi connectivity index (χ0v) is 11.3. The van der Waals surface area contributed by atoms with Gasteiger partial charge >= 0.3 is 5.97 Å². The SMILES string of the molecule is Cc1cc(NC2C3CCC(C3)C2C(=O)O)nc(C)n1. The Morgan fingerprint density at radius 2 is 2.05 bits per heavy atom. The van der Waals surface area contributed by atoms with Gasteiger partial charge in [0.1, 0.15) is 11.6 Å². The molecule has 0 spiro atoms. The first-order valence-electron chi connectivity index (χ1n) is 6.86. The Morgan fingerprint density at radius 3 is 2.74 bits per heavy atom. The molecule has 5 heteroatoms. The van der Waals surface area contributed by atoms with Crippen LogP contribution in [-0.2, 0) is 4.79 Å². The summed E-state index contributed by atoms with van der Waals surface area (Å²) in [4.78, 5) is 20.1. The highest BCUT2D eigenvalue weighted by molar-refractivity contribution is 5.73. The molecule has 4 unspecified atom stereocenters. The highest BCUT2D eigenvalue weighted by Crippen LogP contribution is 2.49. The number of hydrogen-bond donors (Lipinski definition) is 2. The van der Waals surface area contributed by atoms with Crippen LogP contribution in [0.25, 0.3) is 0 Å². The van der Waals surface area contributed by atoms with Crippen molar-refractivity contribution in [2.24, 2.45) is 17.8 Å². The molecule has 2 N–H and O–H groups in total. The first-order chi connectivity index (χ1) is 9.04. The number of nitrogens with zero attached hydrogens (tertiary/aromatic N) is 2. The van der Waals surface area contributed by atoms with Gasteiger partial charge in [0, 0.05) is 17.8 Å². The summed E-state index contributed by atoms with van der Waals surface area (Å²) in [6, 6.07) is 1.91. The molecular formula is C14H19N3O2. The van der Waals surface area contributed by atoms with Crippen LogP contribution in [0.4, 0.5) is 5.82 Å². The average molecular weight is 261 g/mol. The van der Waals surface area contributed by atoms with Crippen molar-refractivity contribution in [3.63, 3.8) is 0 Å². The third kappa shape index (κ3) is 2.17. The van der Waals surface area contributed by atoms with Crippen LogP contribution in [0.5, 0.6) is 0 Å². The Bertz CT molecular complexity index is 497. The molecule has 2 aliphatic rings. The van der Waals surface area contributed by atoms with Gasteiger partial charge < -0.3 is 10.4 Å². The Morgan fingerprint density at radius 1 is 1.32 bits per heavy atom. The quantitative estimate of drug-likeness (QED) is 0.870. The van der Waals surface area contributed by atoms with Crippen molar-refractivity contribution in [2.75, 3.05) is 5.32 Å². The van der Waals surface area contributed by atoms with E-state index in [-0.39, 0.29) is 12.0 Å². The Hall–Kier alpha value is -1.65. The molecule has 0 aliphatic heterocycles. The summed E-state index contributed by atoms with van der Waals surface area (Å²) in [6.45, 7) is 3.78. The molecule has 102 valence electrons. The molecule has 1 heterocycles. The van der Waals surface area contributed by atoms with Crippen molar-refractivity contribution in [1.82, 2.24) is 9.97 Å². The summed E-state index contributed by atoms with van der Waals surface area (Å²) < 4.78 is 0. The minimum absolute atomic E-state index is 0.0185. The molecule has 4 atom stereocenters. The minimum atomic E-state index is -0.674. The second-order valence-electron chi connectivity index (χ2n) is 5.81. The smallest absolute Gasteiger partial charge is 0.308 e. The molecular weight excluding hydrogens is 242 g/mol. The zero-order valence-electron chi connectivity index (χ0n) is 11.3. The molecule has 0 aromatic carbocycles. The van der Waals surface area contributed by atoms with Gasteiger partial charge in [0.05, 0.1) is 5.92 Å². The Labute approximate surface area is 112 Å². The third-order valence-electron chi connectivity index (χ3n) is 4.48. The largest absolute Gasteiger partial charge is 0.481 e. The monoisotopic (exact) mass is 261 g/mol. The van der Waals surface area contributed by atoms with E-state index in [1.807, 2.05) is 19.9 Å². The number of aromatic nitrogens is 2. The fourth-order valence-corrected chi connectivity index (χ4v) is 3.82. The van der Waals surface area contributed by atoms with Crippen LogP contribution < -0.4 is 5.32 Å². The predicted octanol–water partition coefficient (Wildman–Crippen LogP) is 2.00. The molecule has 2 fully saturated rings. The van der Waals surface area contributed by atoms with Crippen molar-refractivity contribution in [3.8, 4) is 0 Å². The van der Waals surface area contributed by atoms with Crippen LogP contribution in [0.1, 0.15) is 30.8 Å². The van der Waals surface area contributed by atoms with Gasteiger partial charge in [0.15, 0.2) is 0 Å². The lowest BCUT2D eigenvalue weighted by Gasteiger charge is -2.29. The van der Waals surface area contributed by atoms with Crippen LogP contribution in [0, 0.1) is 31.6 Å². The molecule has 0 saturated heterocycles. The molecule has 2 saturated carbocycles. The fourth-order valence-electron chi connectivity index (χ4n) is 3.82. The first kappa shape index (κ1) is 12.4. The van der Waals surface area contributed by atoms with Gasteiger partial charge in [-0.2, -0.15) is 0 Å². The lowest BCUT2D eigenvalue weighted by Crippen LogP contribution is -2.39. The lowest BCUT2D eigenvalue weighted by atomic mass is 9.84. The van der Waals surface area contributed by atoms with Gasteiger partial charge in [0.25, 0.3) is 0 Å². The summed E-state index contributed by atoms with van der Waals surface area (Å²) in [6.07, 6.45) is 3.23. The maximum Gasteiger partial charge on any atom is 0.308 e. The van der Waals surface area contributed by atoms with Crippen LogP contribution in [0.3, 0.4) is 0 Å². The molecule has 0 amide bonds. The second kappa shape index (κ2) is 4.47. The van der Waals surface area contributed by atoms with Crippen molar-refractivity contribution in [2.45, 2.75) is 39.2 Å². The van der Waals surface area contributed by atoms with Gasteiger partial charge in [-0.15, -0.1) is 0 Å². The summed E-state index contributed by atoms with van der Waals surface area (Å²) in [5, 5.41) is 12.8. The standard InChI is InChI=1S/C14H19N3O2/c1-7-5-11(16-8(2)15-7)17-13-10-4-3-9(6-10)12(13)14(18)19/h5,9-10,12-13H,3-4,6H2,1-2H3,(H,18,19)(H,15,16,17). The van der Waals surface area contributed by atoms with Gasteiger partial charge in [0.2, 0.25) is 0 Å². The van der Waals surface area contributed by atoms with Gasteiger partial charge in [-0.1, -0.05) is 0 Å². The first-order valence-corrected chi connectivity index (χ1v) is 6.86. The number of aryl methyl sites for hydroxylation is 2. The van der Waals surface area contributed by atoms with E-state index in [1.165, 1.54) is 0 Å². The minimum Gasteiger partial charge on any atom is -0.481 e. The topological polar surface area (TPSA) is 75.1 Å². The van der Waals surface area contributed by atoms with Gasteiger partial charge in [-0.3, -0.25) is 4.79 Å². The predicted molar refractivity (Wildman–Crippen MR) is 70.9 cm³/mol. The molecule has 5 nitrogen and oxygen atoms in total. The average Bonchev–Trinajstić information content (AvgIpc) is 2.87. The van der Waals surface area contributed by atoms with E-state index in [1.54, 1.807) is 0 Å². The van der Waals surface area contributed by atoms with E-state index >= 15 is 0 Å². The van der Waals surface area contributed by atoms with E-state index in [9.17, 15) is 9.90 Å². The van der Waals surface area contributed by atoms with Crippen LogP contribution in [0.15, 0.2) is 6.07 Å². The number of rotatable bonds is 3. The highest BCUT2D eigenvalue weighted by atomic mass is 16.4. The fraction of sp³-hybridized carbons (Fsp3) is 0.643. The molecule has 1 aromatic rings. The zero-order chi connectivity index (χ0) is 13.6. The van der Waals surface area contributed by atoms with E-state index in [0.29, 0.717) is 11.8 Å². The molecule has 19 heavy (non-hydrogen) atoms. The van der Waals surface area contributed by atoms with Crippen LogP contribution in [-0.4, -0.2) is 27.1 Å². The molecule has 2 bridgehead atoms. The Balaban J connectivity index is 1.83. The van der Waals surface area contributed by atoms with Crippen LogP contribution in [0.2, 0.25) is 0 Å². The van der Waals surface area contributed by atoms with E-state index in [4.69, 9.17) is 0 Å². The molecule has 3 rings (SSSR count). The van der Waals surface area contributed by atoms with Crippen LogP contribution >= 0.6 is 0 Å². The number of carbonyl (C=O) groups is 1. The summed E-state index contributed by atoms with van der Waals surface area (Å²) in [5.74, 6) is 1.35. The summed E-state index contributed by atoms with van der Waals surface area (Å²) in [7, 11) is 0. The lowest BCUT2D eigenvalue weighted by molar-refractivity contribution is -0.143. The number of aliphatic carboxylic acids is 1. The van der Waals surface area contributed by atoms with E-state index < -0.39 is 5.97 Å². The highest BCUT2D eigenvalue weighted by Gasteiger charge is 2.51. The number of fused-ring (bicyclic) bond motifs is 2. The van der Waals surface area contributed by atoms with Gasteiger partial charge in [-0.25, -0.2) is 9.97 Å². The second-order valence-corrected chi connectivity index (χ2v) is 5.81.